The first-order valence-corrected chi connectivity index (χ1v) is 16.2. The van der Waals surface area contributed by atoms with Crippen LogP contribution in [0.4, 0.5) is 11.4 Å². The van der Waals surface area contributed by atoms with E-state index < -0.39 is 22.6 Å². The Kier molecular flexibility index (Phi) is 9.40. The van der Waals surface area contributed by atoms with E-state index in [4.69, 9.17) is 16.3 Å². The van der Waals surface area contributed by atoms with Gasteiger partial charge in [-0.05, 0) is 74.9 Å². The molecule has 8 nitrogen and oxygen atoms in total. The van der Waals surface area contributed by atoms with Gasteiger partial charge < -0.3 is 25.4 Å². The number of unbranched alkanes of at least 4 members (excludes halogenated alkanes) is 3. The average Bonchev–Trinajstić information content (AvgIpc) is 3.55. The Morgan fingerprint density at radius 3 is 2.52 bits per heavy atom. The molecule has 2 bridgehead atoms. The maximum Gasteiger partial charge on any atom is 0.248 e. The van der Waals surface area contributed by atoms with Crippen LogP contribution in [0.2, 0.25) is 5.02 Å². The molecule has 0 aromatic heterocycles. The van der Waals surface area contributed by atoms with Crippen molar-refractivity contribution in [2.24, 2.45) is 17.8 Å². The summed E-state index contributed by atoms with van der Waals surface area (Å²) in [7, 11) is 0. The van der Waals surface area contributed by atoms with Crippen LogP contribution in [0.5, 0.6) is 5.75 Å². The van der Waals surface area contributed by atoms with Crippen LogP contribution in [-0.4, -0.2) is 63.5 Å². The number of benzene rings is 2. The maximum atomic E-state index is 14.3. The van der Waals surface area contributed by atoms with Crippen LogP contribution in [0.15, 0.2) is 42.5 Å². The van der Waals surface area contributed by atoms with E-state index in [1.165, 1.54) is 0 Å². The molecular formula is C32H40ClN3O5S. The predicted octanol–water partition coefficient (Wildman–Crippen LogP) is 5.51. The van der Waals surface area contributed by atoms with E-state index in [0.29, 0.717) is 36.0 Å². The summed E-state index contributed by atoms with van der Waals surface area (Å²) in [5.74, 6) is -0.914. The molecule has 226 valence electrons. The predicted molar refractivity (Wildman–Crippen MR) is 167 cm³/mol. The van der Waals surface area contributed by atoms with Gasteiger partial charge in [0.25, 0.3) is 0 Å². The topological polar surface area (TPSA) is 108 Å². The lowest BCUT2D eigenvalue weighted by Gasteiger charge is -2.38. The molecule has 3 aliphatic heterocycles. The number of amides is 3. The van der Waals surface area contributed by atoms with Gasteiger partial charge in [0.1, 0.15) is 11.8 Å². The number of aliphatic hydroxyl groups is 1. The molecule has 10 heteroatoms. The highest BCUT2D eigenvalue weighted by atomic mass is 35.5. The van der Waals surface area contributed by atoms with Crippen molar-refractivity contribution in [1.29, 1.82) is 0 Å². The van der Waals surface area contributed by atoms with Gasteiger partial charge in [0, 0.05) is 24.1 Å². The molecule has 2 aromatic carbocycles. The molecule has 0 radical (unpaired) electrons. The second-order valence-corrected chi connectivity index (χ2v) is 13.5. The van der Waals surface area contributed by atoms with E-state index in [0.717, 1.165) is 37.0 Å². The number of anilines is 2. The normalized spacial score (nSPS) is 27.7. The third-order valence-electron chi connectivity index (χ3n) is 9.01. The number of ether oxygens (including phenoxy) is 1. The third kappa shape index (κ3) is 5.51. The van der Waals surface area contributed by atoms with Gasteiger partial charge in [-0.15, -0.1) is 11.8 Å². The van der Waals surface area contributed by atoms with Crippen molar-refractivity contribution in [2.75, 3.05) is 30.4 Å². The van der Waals surface area contributed by atoms with Crippen LogP contribution < -0.4 is 15.4 Å². The molecule has 42 heavy (non-hydrogen) atoms. The summed E-state index contributed by atoms with van der Waals surface area (Å²) in [4.78, 5) is 44.1. The van der Waals surface area contributed by atoms with Crippen molar-refractivity contribution >= 4 is 52.5 Å². The number of hydrogen-bond acceptors (Lipinski definition) is 6. The fourth-order valence-electron chi connectivity index (χ4n) is 7.12. The minimum atomic E-state index is -0.725. The molecule has 1 spiro atoms. The number of nitrogens with zero attached hydrogens (tertiary/aromatic N) is 1. The number of para-hydroxylation sites is 1. The Bertz CT molecular complexity index is 1300. The number of thioether (sulfide) groups is 1. The van der Waals surface area contributed by atoms with Gasteiger partial charge in [0.15, 0.2) is 0 Å². The fourth-order valence-corrected chi connectivity index (χ4v) is 9.81. The molecule has 5 rings (SSSR count). The Balaban J connectivity index is 1.44. The van der Waals surface area contributed by atoms with Gasteiger partial charge in [0.2, 0.25) is 17.7 Å². The first-order valence-electron chi connectivity index (χ1n) is 14.9. The highest BCUT2D eigenvalue weighted by Crippen LogP contribution is 2.68. The Labute approximate surface area is 256 Å². The number of fused-ring (bicyclic) bond motifs is 1. The largest absolute Gasteiger partial charge is 0.494 e. The number of carbonyl (C=O) groups excluding carboxylic acids is 3. The molecule has 3 aliphatic rings. The number of carbonyl (C=O) groups is 3. The van der Waals surface area contributed by atoms with Gasteiger partial charge >= 0.3 is 0 Å². The quantitative estimate of drug-likeness (QED) is 0.272. The molecule has 3 heterocycles. The SMILES string of the molecule is CCOc1ccc(NC(=O)[C@@H]2[C@@H]3CC(C)C4(S3)C(C(=O)Nc3c(C)cccc3Cl)N(CCCCCCO)C(=O)[C@H]24)cc1. The fraction of sp³-hybridized carbons (Fsp3) is 0.531. The second-order valence-electron chi connectivity index (χ2n) is 11.6. The standard InChI is InChI=1S/C32H40ClN3O5S/c1-4-41-22-14-12-21(13-15-22)34-29(38)25-24-18-20(3)32(42-24)26(25)31(40)36(16-7-5-6-8-17-37)28(32)30(39)35-27-19(2)10-9-11-23(27)33/h9-15,20,24-26,28,37H,4-8,16-18H2,1-3H3,(H,34,38)(H,35,39)/t20?,24-,25+,26-,28?,32?/m0/s1. The van der Waals surface area contributed by atoms with E-state index >= 15 is 0 Å². The molecule has 0 saturated carbocycles. The summed E-state index contributed by atoms with van der Waals surface area (Å²) in [6.07, 6.45) is 3.87. The number of hydrogen-bond donors (Lipinski definition) is 3. The molecular weight excluding hydrogens is 574 g/mol. The Hall–Kier alpha value is -2.75. The molecule has 3 fully saturated rings. The van der Waals surface area contributed by atoms with Crippen molar-refractivity contribution < 1.29 is 24.2 Å². The lowest BCUT2D eigenvalue weighted by Crippen LogP contribution is -2.55. The molecule has 0 aliphatic carbocycles. The monoisotopic (exact) mass is 613 g/mol. The summed E-state index contributed by atoms with van der Waals surface area (Å²) in [6, 6.07) is 12.0. The minimum Gasteiger partial charge on any atom is -0.494 e. The molecule has 2 aromatic rings. The number of aliphatic hydroxyl groups excluding tert-OH is 1. The number of nitrogens with one attached hydrogen (secondary N) is 2. The van der Waals surface area contributed by atoms with Crippen molar-refractivity contribution in [2.45, 2.75) is 68.9 Å². The first kappa shape index (κ1) is 30.7. The van der Waals surface area contributed by atoms with Crippen LogP contribution in [-0.2, 0) is 14.4 Å². The molecule has 3 unspecified atom stereocenters. The van der Waals surface area contributed by atoms with E-state index in [1.54, 1.807) is 34.9 Å². The number of aryl methyl sites for hydroxylation is 1. The van der Waals surface area contributed by atoms with Crippen LogP contribution in [0, 0.1) is 24.7 Å². The summed E-state index contributed by atoms with van der Waals surface area (Å²) >= 11 is 8.14. The van der Waals surface area contributed by atoms with Gasteiger partial charge in [-0.1, -0.05) is 43.5 Å². The van der Waals surface area contributed by atoms with Crippen LogP contribution in [0.3, 0.4) is 0 Å². The smallest absolute Gasteiger partial charge is 0.248 e. The Morgan fingerprint density at radius 1 is 1.10 bits per heavy atom. The summed E-state index contributed by atoms with van der Waals surface area (Å²) in [5.41, 5.74) is 2.04. The van der Waals surface area contributed by atoms with Crippen LogP contribution in [0.25, 0.3) is 0 Å². The lowest BCUT2D eigenvalue weighted by molar-refractivity contribution is -0.138. The number of rotatable bonds is 12. The zero-order chi connectivity index (χ0) is 30.0. The average molecular weight is 614 g/mol. The third-order valence-corrected chi connectivity index (χ3v) is 11.4. The molecule has 3 amide bonds. The second kappa shape index (κ2) is 12.9. The molecule has 6 atom stereocenters. The zero-order valence-electron chi connectivity index (χ0n) is 24.4. The van der Waals surface area contributed by atoms with Gasteiger partial charge in [-0.3, -0.25) is 14.4 Å². The van der Waals surface area contributed by atoms with E-state index in [1.807, 2.05) is 38.1 Å². The zero-order valence-corrected chi connectivity index (χ0v) is 26.0. The van der Waals surface area contributed by atoms with Crippen LogP contribution >= 0.6 is 23.4 Å². The van der Waals surface area contributed by atoms with Crippen LogP contribution in [0.1, 0.15) is 51.5 Å². The van der Waals surface area contributed by atoms with E-state index in [2.05, 4.69) is 17.6 Å². The highest BCUT2D eigenvalue weighted by Gasteiger charge is 2.75. The molecule has 3 N–H and O–H groups in total. The lowest BCUT2D eigenvalue weighted by atomic mass is 9.66. The highest BCUT2D eigenvalue weighted by molar-refractivity contribution is 8.02. The van der Waals surface area contributed by atoms with Gasteiger partial charge in [-0.25, -0.2) is 0 Å². The molecule has 3 saturated heterocycles. The summed E-state index contributed by atoms with van der Waals surface area (Å²) < 4.78 is 4.80. The van der Waals surface area contributed by atoms with Crippen molar-refractivity contribution in [3.63, 3.8) is 0 Å². The first-order chi connectivity index (χ1) is 20.2. The minimum absolute atomic E-state index is 0.0549. The number of halogens is 1. The van der Waals surface area contributed by atoms with E-state index in [-0.39, 0.29) is 35.5 Å². The van der Waals surface area contributed by atoms with Crippen molar-refractivity contribution in [3.8, 4) is 5.75 Å². The summed E-state index contributed by atoms with van der Waals surface area (Å²) in [6.45, 7) is 7.03. The Morgan fingerprint density at radius 2 is 1.83 bits per heavy atom. The maximum absolute atomic E-state index is 14.3. The van der Waals surface area contributed by atoms with Gasteiger partial charge in [0.05, 0.1) is 33.9 Å². The number of likely N-dealkylation sites (tertiary alicyclic amines) is 1. The summed E-state index contributed by atoms with van der Waals surface area (Å²) in [5, 5.41) is 15.7. The van der Waals surface area contributed by atoms with Crippen molar-refractivity contribution in [1.82, 2.24) is 4.90 Å². The van der Waals surface area contributed by atoms with E-state index in [9.17, 15) is 19.5 Å². The van der Waals surface area contributed by atoms with Gasteiger partial charge in [-0.2, -0.15) is 0 Å². The van der Waals surface area contributed by atoms with Crippen molar-refractivity contribution in [3.05, 3.63) is 53.1 Å².